The topological polar surface area (TPSA) is 42.3 Å². The molecule has 0 amide bonds. The average molecular weight is 296 g/mol. The number of hydrogen-bond acceptors (Lipinski definition) is 4. The SMILES string of the molecule is COCCCn1cc(C)nc1NCCCCN(C)C(C)C. The first-order chi connectivity index (χ1) is 10.0. The van der Waals surface area contributed by atoms with Crippen molar-refractivity contribution in [2.45, 2.75) is 52.6 Å². The largest absolute Gasteiger partial charge is 0.385 e. The van der Waals surface area contributed by atoms with E-state index in [0.29, 0.717) is 6.04 Å². The van der Waals surface area contributed by atoms with Crippen LogP contribution in [0.1, 0.15) is 38.8 Å². The summed E-state index contributed by atoms with van der Waals surface area (Å²) in [5.41, 5.74) is 1.06. The number of hydrogen-bond donors (Lipinski definition) is 1. The molecule has 0 radical (unpaired) electrons. The van der Waals surface area contributed by atoms with Crippen LogP contribution in [0.3, 0.4) is 0 Å². The summed E-state index contributed by atoms with van der Waals surface area (Å²) >= 11 is 0. The number of nitrogens with one attached hydrogen (secondary N) is 1. The van der Waals surface area contributed by atoms with Gasteiger partial charge in [-0.25, -0.2) is 4.98 Å². The molecule has 0 aliphatic heterocycles. The fraction of sp³-hybridized carbons (Fsp3) is 0.812. The predicted molar refractivity (Wildman–Crippen MR) is 88.9 cm³/mol. The van der Waals surface area contributed by atoms with Gasteiger partial charge in [-0.05, 0) is 53.6 Å². The molecule has 0 aliphatic carbocycles. The van der Waals surface area contributed by atoms with Crippen LogP contribution in [0, 0.1) is 6.92 Å². The number of rotatable bonds is 11. The first-order valence-corrected chi connectivity index (χ1v) is 8.01. The van der Waals surface area contributed by atoms with E-state index in [1.165, 1.54) is 12.8 Å². The van der Waals surface area contributed by atoms with Crippen molar-refractivity contribution < 1.29 is 4.74 Å². The van der Waals surface area contributed by atoms with Crippen LogP contribution in [-0.4, -0.2) is 54.3 Å². The van der Waals surface area contributed by atoms with E-state index in [4.69, 9.17) is 4.74 Å². The number of unbranched alkanes of at least 4 members (excludes halogenated alkanes) is 1. The van der Waals surface area contributed by atoms with Crippen molar-refractivity contribution in [2.24, 2.45) is 0 Å². The summed E-state index contributed by atoms with van der Waals surface area (Å²) in [5, 5.41) is 3.46. The third-order valence-electron chi connectivity index (χ3n) is 3.75. The summed E-state index contributed by atoms with van der Waals surface area (Å²) in [4.78, 5) is 6.94. The molecule has 0 fully saturated rings. The lowest BCUT2D eigenvalue weighted by molar-refractivity contribution is 0.190. The molecule has 21 heavy (non-hydrogen) atoms. The Hall–Kier alpha value is -1.07. The van der Waals surface area contributed by atoms with Crippen molar-refractivity contribution in [3.05, 3.63) is 11.9 Å². The Labute approximate surface area is 129 Å². The minimum absolute atomic E-state index is 0.625. The van der Waals surface area contributed by atoms with Gasteiger partial charge in [0.2, 0.25) is 5.95 Å². The van der Waals surface area contributed by atoms with Crippen molar-refractivity contribution in [1.82, 2.24) is 14.5 Å². The van der Waals surface area contributed by atoms with Crippen LogP contribution in [-0.2, 0) is 11.3 Å². The number of methoxy groups -OCH3 is 1. The Bertz CT molecular complexity index is 390. The van der Waals surface area contributed by atoms with E-state index in [1.54, 1.807) is 7.11 Å². The van der Waals surface area contributed by atoms with Crippen LogP contribution in [0.4, 0.5) is 5.95 Å². The van der Waals surface area contributed by atoms with Crippen molar-refractivity contribution >= 4 is 5.95 Å². The summed E-state index contributed by atoms with van der Waals surface area (Å²) < 4.78 is 7.30. The molecule has 5 heteroatoms. The minimum atomic E-state index is 0.625. The average Bonchev–Trinajstić information content (AvgIpc) is 2.78. The molecule has 1 aromatic heterocycles. The molecule has 1 rings (SSSR count). The monoisotopic (exact) mass is 296 g/mol. The lowest BCUT2D eigenvalue weighted by atomic mass is 10.2. The molecule has 0 spiro atoms. The molecular formula is C16H32N4O. The Morgan fingerprint density at radius 3 is 2.76 bits per heavy atom. The van der Waals surface area contributed by atoms with Gasteiger partial charge in [0.1, 0.15) is 0 Å². The summed E-state index contributed by atoms with van der Waals surface area (Å²) in [6.45, 7) is 10.4. The summed E-state index contributed by atoms with van der Waals surface area (Å²) in [5.74, 6) is 0.987. The van der Waals surface area contributed by atoms with Crippen LogP contribution >= 0.6 is 0 Å². The Kier molecular flexibility index (Phi) is 8.38. The Morgan fingerprint density at radius 2 is 2.10 bits per heavy atom. The number of anilines is 1. The van der Waals surface area contributed by atoms with Gasteiger partial charge in [0, 0.05) is 39.0 Å². The maximum Gasteiger partial charge on any atom is 0.203 e. The standard InChI is InChI=1S/C16H32N4O/c1-14(2)19(4)10-7-6-9-17-16-18-15(3)13-20(16)11-8-12-21-5/h13-14H,6-12H2,1-5H3,(H,17,18). The zero-order valence-corrected chi connectivity index (χ0v) is 14.4. The lowest BCUT2D eigenvalue weighted by Crippen LogP contribution is -2.27. The molecule has 5 nitrogen and oxygen atoms in total. The second-order valence-electron chi connectivity index (χ2n) is 5.95. The fourth-order valence-electron chi connectivity index (χ4n) is 2.18. The van der Waals surface area contributed by atoms with E-state index < -0.39 is 0 Å². The van der Waals surface area contributed by atoms with Crippen LogP contribution in [0.25, 0.3) is 0 Å². The van der Waals surface area contributed by atoms with Crippen molar-refractivity contribution in [1.29, 1.82) is 0 Å². The number of aryl methyl sites for hydroxylation is 2. The van der Waals surface area contributed by atoms with E-state index >= 15 is 0 Å². The van der Waals surface area contributed by atoms with E-state index in [2.05, 4.69) is 46.9 Å². The lowest BCUT2D eigenvalue weighted by Gasteiger charge is -2.20. The van der Waals surface area contributed by atoms with Gasteiger partial charge in [0.05, 0.1) is 5.69 Å². The minimum Gasteiger partial charge on any atom is -0.385 e. The van der Waals surface area contributed by atoms with E-state index in [9.17, 15) is 0 Å². The van der Waals surface area contributed by atoms with Gasteiger partial charge in [-0.1, -0.05) is 0 Å². The summed E-state index contributed by atoms with van der Waals surface area (Å²) in [6.07, 6.45) is 5.50. The quantitative estimate of drug-likeness (QED) is 0.638. The van der Waals surface area contributed by atoms with Crippen LogP contribution in [0.2, 0.25) is 0 Å². The van der Waals surface area contributed by atoms with Gasteiger partial charge in [0.15, 0.2) is 0 Å². The molecule has 0 unspecified atom stereocenters. The zero-order valence-electron chi connectivity index (χ0n) is 14.4. The maximum absolute atomic E-state index is 5.11. The van der Waals surface area contributed by atoms with E-state index in [1.807, 2.05) is 6.92 Å². The second-order valence-corrected chi connectivity index (χ2v) is 5.95. The smallest absolute Gasteiger partial charge is 0.203 e. The molecule has 0 bridgehead atoms. The third-order valence-corrected chi connectivity index (χ3v) is 3.75. The van der Waals surface area contributed by atoms with Crippen LogP contribution < -0.4 is 5.32 Å². The molecule has 1 aromatic rings. The highest BCUT2D eigenvalue weighted by atomic mass is 16.5. The molecule has 0 aromatic carbocycles. The van der Waals surface area contributed by atoms with Crippen molar-refractivity contribution in [3.63, 3.8) is 0 Å². The number of imidazole rings is 1. The molecule has 0 saturated heterocycles. The molecule has 0 aliphatic rings. The van der Waals surface area contributed by atoms with E-state index in [-0.39, 0.29) is 0 Å². The molecule has 122 valence electrons. The predicted octanol–water partition coefficient (Wildman–Crippen LogP) is 2.76. The molecule has 0 saturated carbocycles. The van der Waals surface area contributed by atoms with Crippen molar-refractivity contribution in [3.8, 4) is 0 Å². The molecule has 0 atom stereocenters. The molecule has 1 heterocycles. The van der Waals surface area contributed by atoms with Gasteiger partial charge in [-0.15, -0.1) is 0 Å². The normalized spacial score (nSPS) is 11.6. The van der Waals surface area contributed by atoms with Gasteiger partial charge in [-0.3, -0.25) is 0 Å². The second kappa shape index (κ2) is 9.79. The summed E-state index contributed by atoms with van der Waals surface area (Å²) in [7, 11) is 3.93. The fourth-order valence-corrected chi connectivity index (χ4v) is 2.18. The first-order valence-electron chi connectivity index (χ1n) is 8.01. The molecular weight excluding hydrogens is 264 g/mol. The highest BCUT2D eigenvalue weighted by molar-refractivity contribution is 5.28. The first kappa shape index (κ1) is 18.0. The highest BCUT2D eigenvalue weighted by Gasteiger charge is 2.05. The molecule has 1 N–H and O–H groups in total. The number of ether oxygens (including phenoxy) is 1. The van der Waals surface area contributed by atoms with E-state index in [0.717, 1.165) is 44.3 Å². The maximum atomic E-state index is 5.11. The number of nitrogens with zero attached hydrogens (tertiary/aromatic N) is 3. The van der Waals surface area contributed by atoms with Crippen molar-refractivity contribution in [2.75, 3.05) is 39.2 Å². The van der Waals surface area contributed by atoms with Gasteiger partial charge in [-0.2, -0.15) is 0 Å². The van der Waals surface area contributed by atoms with Crippen LogP contribution in [0.5, 0.6) is 0 Å². The highest BCUT2D eigenvalue weighted by Crippen LogP contribution is 2.10. The van der Waals surface area contributed by atoms with Gasteiger partial charge < -0.3 is 19.5 Å². The van der Waals surface area contributed by atoms with Gasteiger partial charge >= 0.3 is 0 Å². The third kappa shape index (κ3) is 6.96. The van der Waals surface area contributed by atoms with Crippen LogP contribution in [0.15, 0.2) is 6.20 Å². The zero-order chi connectivity index (χ0) is 15.7. The Balaban J connectivity index is 2.28. The Morgan fingerprint density at radius 1 is 1.33 bits per heavy atom. The summed E-state index contributed by atoms with van der Waals surface area (Å²) in [6, 6.07) is 0.625. The number of aromatic nitrogens is 2. The van der Waals surface area contributed by atoms with Gasteiger partial charge in [0.25, 0.3) is 0 Å².